The average Bonchev–Trinajstić information content (AvgIpc) is 2.76. The van der Waals surface area contributed by atoms with E-state index >= 15 is 0 Å². The van der Waals surface area contributed by atoms with E-state index in [1.807, 2.05) is 0 Å². The van der Waals surface area contributed by atoms with Gasteiger partial charge in [-0.15, -0.1) is 11.8 Å². The van der Waals surface area contributed by atoms with Gasteiger partial charge in [-0.3, -0.25) is 0 Å². The molecule has 1 heterocycles. The van der Waals surface area contributed by atoms with Gasteiger partial charge in [0.15, 0.2) is 0 Å². The Labute approximate surface area is 102 Å². The van der Waals surface area contributed by atoms with Crippen LogP contribution in [0, 0.1) is 0 Å². The Morgan fingerprint density at radius 2 is 2.25 bits per heavy atom. The van der Waals surface area contributed by atoms with E-state index in [1.165, 1.54) is 23.3 Å². The molecule has 1 saturated heterocycles. The number of benzene rings is 1. The molecule has 0 saturated carbocycles. The molecule has 1 aromatic carbocycles. The van der Waals surface area contributed by atoms with Crippen LogP contribution in [0.5, 0.6) is 5.75 Å². The van der Waals surface area contributed by atoms with Crippen LogP contribution in [-0.4, -0.2) is 19.9 Å². The highest BCUT2D eigenvalue weighted by Crippen LogP contribution is 2.40. The number of rotatable bonds is 3. The van der Waals surface area contributed by atoms with Crippen LogP contribution in [-0.2, 0) is 5.54 Å². The van der Waals surface area contributed by atoms with Gasteiger partial charge in [-0.1, -0.05) is 12.1 Å². The zero-order valence-electron chi connectivity index (χ0n) is 10.2. The van der Waals surface area contributed by atoms with E-state index in [2.05, 4.69) is 36.7 Å². The molecule has 0 amide bonds. The van der Waals surface area contributed by atoms with Crippen molar-refractivity contribution in [3.8, 4) is 5.75 Å². The second kappa shape index (κ2) is 4.68. The summed E-state index contributed by atoms with van der Waals surface area (Å²) in [5.41, 5.74) is 1.37. The first kappa shape index (κ1) is 11.8. The van der Waals surface area contributed by atoms with Gasteiger partial charge < -0.3 is 10.1 Å². The largest absolute Gasteiger partial charge is 0.495 e. The topological polar surface area (TPSA) is 21.3 Å². The van der Waals surface area contributed by atoms with Crippen molar-refractivity contribution in [2.24, 2.45) is 0 Å². The van der Waals surface area contributed by atoms with Gasteiger partial charge >= 0.3 is 0 Å². The van der Waals surface area contributed by atoms with Crippen LogP contribution in [0.25, 0.3) is 0 Å². The van der Waals surface area contributed by atoms with E-state index in [1.54, 1.807) is 18.9 Å². The number of ether oxygens (including phenoxy) is 1. The van der Waals surface area contributed by atoms with Crippen LogP contribution in [0.3, 0.4) is 0 Å². The van der Waals surface area contributed by atoms with Crippen LogP contribution in [0.15, 0.2) is 23.1 Å². The van der Waals surface area contributed by atoms with Crippen molar-refractivity contribution < 1.29 is 4.74 Å². The fourth-order valence-electron chi connectivity index (χ4n) is 2.45. The number of para-hydroxylation sites is 1. The highest BCUT2D eigenvalue weighted by molar-refractivity contribution is 7.98. The summed E-state index contributed by atoms with van der Waals surface area (Å²) in [5, 5.41) is 3.59. The smallest absolute Gasteiger partial charge is 0.137 e. The fourth-order valence-corrected chi connectivity index (χ4v) is 3.04. The Morgan fingerprint density at radius 3 is 2.81 bits per heavy atom. The summed E-state index contributed by atoms with van der Waals surface area (Å²) in [6.45, 7) is 3.37. The molecule has 0 aromatic heterocycles. The number of thioether (sulfide) groups is 1. The highest BCUT2D eigenvalue weighted by atomic mass is 32.2. The summed E-state index contributed by atoms with van der Waals surface area (Å²) in [4.78, 5) is 1.22. The molecule has 0 aliphatic carbocycles. The molecule has 1 fully saturated rings. The Balaban J connectivity index is 2.47. The minimum atomic E-state index is 0.0804. The first-order valence-corrected chi connectivity index (χ1v) is 6.90. The molecular weight excluding hydrogens is 218 g/mol. The first-order chi connectivity index (χ1) is 7.71. The van der Waals surface area contributed by atoms with Gasteiger partial charge in [0.1, 0.15) is 5.75 Å². The van der Waals surface area contributed by atoms with Gasteiger partial charge in [0, 0.05) is 16.0 Å². The van der Waals surface area contributed by atoms with E-state index in [-0.39, 0.29) is 5.54 Å². The van der Waals surface area contributed by atoms with Crippen molar-refractivity contribution in [3.63, 3.8) is 0 Å². The Morgan fingerprint density at radius 1 is 1.44 bits per heavy atom. The molecule has 0 radical (unpaired) electrons. The molecule has 16 heavy (non-hydrogen) atoms. The zero-order chi connectivity index (χ0) is 11.6. The van der Waals surface area contributed by atoms with Crippen molar-refractivity contribution >= 4 is 11.8 Å². The zero-order valence-corrected chi connectivity index (χ0v) is 11.0. The second-order valence-electron chi connectivity index (χ2n) is 4.40. The Kier molecular flexibility index (Phi) is 3.45. The molecule has 1 unspecified atom stereocenters. The van der Waals surface area contributed by atoms with Gasteiger partial charge in [-0.2, -0.15) is 0 Å². The Hall–Kier alpha value is -0.670. The Bertz CT molecular complexity index is 372. The lowest BCUT2D eigenvalue weighted by atomic mass is 9.90. The molecule has 2 nitrogen and oxygen atoms in total. The lowest BCUT2D eigenvalue weighted by molar-refractivity contribution is 0.363. The van der Waals surface area contributed by atoms with E-state index in [9.17, 15) is 0 Å². The van der Waals surface area contributed by atoms with Crippen LogP contribution in [0.2, 0.25) is 0 Å². The monoisotopic (exact) mass is 237 g/mol. The van der Waals surface area contributed by atoms with Gasteiger partial charge in [0.05, 0.1) is 7.11 Å². The summed E-state index contributed by atoms with van der Waals surface area (Å²) in [7, 11) is 1.76. The maximum Gasteiger partial charge on any atom is 0.137 e. The number of nitrogens with one attached hydrogen (secondary N) is 1. The maximum atomic E-state index is 5.58. The lowest BCUT2D eigenvalue weighted by Crippen LogP contribution is -2.33. The molecular formula is C13H19NOS. The van der Waals surface area contributed by atoms with E-state index in [0.717, 1.165) is 12.3 Å². The third-order valence-electron chi connectivity index (χ3n) is 3.37. The van der Waals surface area contributed by atoms with E-state index in [0.29, 0.717) is 0 Å². The predicted octanol–water partition coefficient (Wildman–Crippen LogP) is 3.02. The van der Waals surface area contributed by atoms with Crippen LogP contribution in [0.1, 0.15) is 25.3 Å². The van der Waals surface area contributed by atoms with Crippen LogP contribution in [0.4, 0.5) is 0 Å². The molecule has 1 atom stereocenters. The summed E-state index contributed by atoms with van der Waals surface area (Å²) in [6, 6.07) is 6.41. The standard InChI is InChI=1S/C13H19NOS/c1-13(8-5-9-14-13)10-6-4-7-11(16-3)12(10)15-2/h4,6-7,14H,5,8-9H2,1-3H3. The summed E-state index contributed by atoms with van der Waals surface area (Å²) in [5.74, 6) is 1.03. The molecule has 3 heteroatoms. The van der Waals surface area contributed by atoms with Gasteiger partial charge in [-0.05, 0) is 38.6 Å². The second-order valence-corrected chi connectivity index (χ2v) is 5.25. The molecule has 1 aliphatic rings. The van der Waals surface area contributed by atoms with Crippen molar-refractivity contribution in [2.45, 2.75) is 30.2 Å². The number of hydrogen-bond donors (Lipinski definition) is 1. The average molecular weight is 237 g/mol. The maximum absolute atomic E-state index is 5.58. The molecule has 0 spiro atoms. The molecule has 1 aromatic rings. The molecule has 1 aliphatic heterocycles. The van der Waals surface area contributed by atoms with Crippen LogP contribution < -0.4 is 10.1 Å². The fraction of sp³-hybridized carbons (Fsp3) is 0.538. The molecule has 0 bridgehead atoms. The van der Waals surface area contributed by atoms with Crippen molar-refractivity contribution in [3.05, 3.63) is 23.8 Å². The summed E-state index contributed by atoms with van der Waals surface area (Å²) < 4.78 is 5.58. The van der Waals surface area contributed by atoms with Crippen LogP contribution >= 0.6 is 11.8 Å². The van der Waals surface area contributed by atoms with Gasteiger partial charge in [0.2, 0.25) is 0 Å². The van der Waals surface area contributed by atoms with E-state index in [4.69, 9.17) is 4.74 Å². The normalized spacial score (nSPS) is 24.7. The van der Waals surface area contributed by atoms with Crippen molar-refractivity contribution in [2.75, 3.05) is 19.9 Å². The minimum Gasteiger partial charge on any atom is -0.495 e. The summed E-state index contributed by atoms with van der Waals surface area (Å²) >= 11 is 1.74. The highest BCUT2D eigenvalue weighted by Gasteiger charge is 2.33. The van der Waals surface area contributed by atoms with E-state index < -0.39 is 0 Å². The predicted molar refractivity (Wildman–Crippen MR) is 69.4 cm³/mol. The third kappa shape index (κ3) is 1.94. The number of hydrogen-bond acceptors (Lipinski definition) is 3. The van der Waals surface area contributed by atoms with Gasteiger partial charge in [0.25, 0.3) is 0 Å². The molecule has 1 N–H and O–H groups in total. The third-order valence-corrected chi connectivity index (χ3v) is 4.13. The SMILES string of the molecule is COc1c(SC)cccc1C1(C)CCCN1. The molecule has 88 valence electrons. The van der Waals surface area contributed by atoms with Crippen molar-refractivity contribution in [1.82, 2.24) is 5.32 Å². The summed E-state index contributed by atoms with van der Waals surface area (Å²) in [6.07, 6.45) is 4.51. The molecule has 2 rings (SSSR count). The first-order valence-electron chi connectivity index (χ1n) is 5.68. The lowest BCUT2D eigenvalue weighted by Gasteiger charge is -2.27. The minimum absolute atomic E-state index is 0.0804. The number of methoxy groups -OCH3 is 1. The quantitative estimate of drug-likeness (QED) is 0.817. The van der Waals surface area contributed by atoms with Crippen molar-refractivity contribution in [1.29, 1.82) is 0 Å². The van der Waals surface area contributed by atoms with Gasteiger partial charge in [-0.25, -0.2) is 0 Å².